The van der Waals surface area contributed by atoms with Crippen molar-refractivity contribution in [1.29, 1.82) is 0 Å². The van der Waals surface area contributed by atoms with Gasteiger partial charge in [-0.05, 0) is 54.8 Å². The molecule has 1 aromatic heterocycles. The highest BCUT2D eigenvalue weighted by Crippen LogP contribution is 2.45. The molecule has 1 fully saturated rings. The van der Waals surface area contributed by atoms with Crippen LogP contribution in [0.2, 0.25) is 0 Å². The number of aromatic nitrogens is 2. The summed E-state index contributed by atoms with van der Waals surface area (Å²) in [6.45, 7) is 1.72. The summed E-state index contributed by atoms with van der Waals surface area (Å²) in [6, 6.07) is 13.0. The molecule has 1 aliphatic carbocycles. The average molecular weight is 352 g/mol. The fraction of sp³-hybridized carbons (Fsp3) is 0.250. The van der Waals surface area contributed by atoms with Gasteiger partial charge in [0.15, 0.2) is 0 Å². The van der Waals surface area contributed by atoms with Gasteiger partial charge in [-0.25, -0.2) is 4.39 Å². The van der Waals surface area contributed by atoms with Gasteiger partial charge in [0.25, 0.3) is 0 Å². The van der Waals surface area contributed by atoms with E-state index in [0.717, 1.165) is 17.5 Å². The minimum atomic E-state index is -0.683. The number of carbonyl (C=O) groups is 1. The number of ether oxygens (including phenoxy) is 1. The Bertz CT molecular complexity index is 928. The van der Waals surface area contributed by atoms with E-state index >= 15 is 0 Å². The fourth-order valence-electron chi connectivity index (χ4n) is 3.20. The van der Waals surface area contributed by atoms with E-state index in [9.17, 15) is 9.18 Å². The summed E-state index contributed by atoms with van der Waals surface area (Å²) >= 11 is 0. The van der Waals surface area contributed by atoms with Crippen molar-refractivity contribution in [1.82, 2.24) is 10.1 Å². The van der Waals surface area contributed by atoms with E-state index in [2.05, 4.69) is 10.1 Å². The summed E-state index contributed by atoms with van der Waals surface area (Å²) in [5.41, 5.74) is 0.893. The van der Waals surface area contributed by atoms with Gasteiger partial charge in [-0.1, -0.05) is 23.7 Å². The Morgan fingerprint density at radius 3 is 2.35 bits per heavy atom. The van der Waals surface area contributed by atoms with Crippen LogP contribution in [-0.2, 0) is 10.2 Å². The Kier molecular flexibility index (Phi) is 4.03. The summed E-state index contributed by atoms with van der Waals surface area (Å²) in [4.78, 5) is 17.0. The summed E-state index contributed by atoms with van der Waals surface area (Å²) in [5.74, 6) is 0.804. The number of nitrogens with zero attached hydrogens (tertiary/aromatic N) is 2. The van der Waals surface area contributed by atoms with Gasteiger partial charge in [-0.2, -0.15) is 4.98 Å². The lowest BCUT2D eigenvalue weighted by molar-refractivity contribution is -0.144. The predicted molar refractivity (Wildman–Crippen MR) is 92.0 cm³/mol. The van der Waals surface area contributed by atoms with Gasteiger partial charge in [0.1, 0.15) is 11.6 Å². The van der Waals surface area contributed by atoms with Crippen molar-refractivity contribution < 1.29 is 18.4 Å². The highest BCUT2D eigenvalue weighted by Gasteiger charge is 2.47. The quantitative estimate of drug-likeness (QED) is 0.520. The molecule has 132 valence electrons. The van der Waals surface area contributed by atoms with E-state index in [-0.39, 0.29) is 11.8 Å². The van der Waals surface area contributed by atoms with Crippen LogP contribution in [0.1, 0.15) is 30.7 Å². The molecular formula is C20H17FN2O3. The third-order valence-electron chi connectivity index (χ3n) is 4.85. The highest BCUT2D eigenvalue weighted by atomic mass is 19.1. The number of esters is 1. The van der Waals surface area contributed by atoms with Crippen molar-refractivity contribution in [3.8, 4) is 17.1 Å². The number of hydrogen-bond acceptors (Lipinski definition) is 5. The van der Waals surface area contributed by atoms with E-state index in [1.54, 1.807) is 43.3 Å². The van der Waals surface area contributed by atoms with Gasteiger partial charge in [0.05, 0.1) is 5.41 Å². The van der Waals surface area contributed by atoms with E-state index < -0.39 is 5.41 Å². The maximum atomic E-state index is 13.2. The normalized spacial score (nSPS) is 15.3. The molecule has 0 radical (unpaired) electrons. The molecule has 0 saturated heterocycles. The van der Waals surface area contributed by atoms with Crippen molar-refractivity contribution in [2.24, 2.45) is 0 Å². The number of rotatable bonds is 4. The molecule has 0 unspecified atom stereocenters. The molecule has 0 N–H and O–H groups in total. The number of halogens is 1. The molecule has 0 amide bonds. The van der Waals surface area contributed by atoms with Crippen LogP contribution in [0, 0.1) is 12.7 Å². The standard InChI is InChI=1S/C20H17FN2O3/c1-13-22-18(23-26-13)14-3-9-17(10-4-14)25-19(24)20(11-2-12-20)15-5-7-16(21)8-6-15/h3-10H,2,11-12H2,1H3. The van der Waals surface area contributed by atoms with Gasteiger partial charge in [0, 0.05) is 12.5 Å². The molecule has 1 heterocycles. The largest absolute Gasteiger partial charge is 0.426 e. The molecule has 1 saturated carbocycles. The molecule has 2 aromatic carbocycles. The first-order valence-electron chi connectivity index (χ1n) is 8.46. The van der Waals surface area contributed by atoms with Gasteiger partial charge in [-0.15, -0.1) is 0 Å². The first-order valence-corrected chi connectivity index (χ1v) is 8.46. The maximum Gasteiger partial charge on any atom is 0.321 e. The van der Waals surface area contributed by atoms with Crippen LogP contribution in [-0.4, -0.2) is 16.1 Å². The van der Waals surface area contributed by atoms with Crippen molar-refractivity contribution in [2.45, 2.75) is 31.6 Å². The highest BCUT2D eigenvalue weighted by molar-refractivity contribution is 5.86. The van der Waals surface area contributed by atoms with Crippen molar-refractivity contribution >= 4 is 5.97 Å². The third kappa shape index (κ3) is 2.87. The van der Waals surface area contributed by atoms with Crippen LogP contribution < -0.4 is 4.74 Å². The lowest BCUT2D eigenvalue weighted by Gasteiger charge is -2.39. The summed E-state index contributed by atoms with van der Waals surface area (Å²) in [7, 11) is 0. The Morgan fingerprint density at radius 2 is 1.81 bits per heavy atom. The van der Waals surface area contributed by atoms with Crippen LogP contribution in [0.3, 0.4) is 0 Å². The Hall–Kier alpha value is -3.02. The molecular weight excluding hydrogens is 335 g/mol. The zero-order valence-electron chi connectivity index (χ0n) is 14.2. The van der Waals surface area contributed by atoms with Crippen molar-refractivity contribution in [3.05, 3.63) is 65.8 Å². The van der Waals surface area contributed by atoms with E-state index in [0.29, 0.717) is 30.3 Å². The van der Waals surface area contributed by atoms with Crippen molar-refractivity contribution in [3.63, 3.8) is 0 Å². The Labute approximate surface area is 149 Å². The predicted octanol–water partition coefficient (Wildman–Crippen LogP) is 4.21. The molecule has 5 nitrogen and oxygen atoms in total. The second kappa shape index (κ2) is 6.37. The summed E-state index contributed by atoms with van der Waals surface area (Å²) in [6.07, 6.45) is 2.36. The van der Waals surface area contributed by atoms with Crippen LogP contribution in [0.25, 0.3) is 11.4 Å². The molecule has 0 aliphatic heterocycles. The summed E-state index contributed by atoms with van der Waals surface area (Å²) < 4.78 is 23.8. The molecule has 3 aromatic rings. The van der Waals surface area contributed by atoms with E-state index in [4.69, 9.17) is 9.26 Å². The van der Waals surface area contributed by atoms with E-state index in [1.165, 1.54) is 12.1 Å². The molecule has 1 aliphatic rings. The molecule has 0 spiro atoms. The second-order valence-electron chi connectivity index (χ2n) is 6.49. The van der Waals surface area contributed by atoms with Gasteiger partial charge in [-0.3, -0.25) is 4.79 Å². The molecule has 6 heteroatoms. The Balaban J connectivity index is 1.52. The number of hydrogen-bond donors (Lipinski definition) is 0. The monoisotopic (exact) mass is 352 g/mol. The first-order chi connectivity index (χ1) is 12.6. The second-order valence-corrected chi connectivity index (χ2v) is 6.49. The van der Waals surface area contributed by atoms with Gasteiger partial charge in [0.2, 0.25) is 11.7 Å². The first kappa shape index (κ1) is 16.4. The lowest BCUT2D eigenvalue weighted by Crippen LogP contribution is -2.45. The van der Waals surface area contributed by atoms with E-state index in [1.807, 2.05) is 0 Å². The van der Waals surface area contributed by atoms with Crippen LogP contribution in [0.15, 0.2) is 53.1 Å². The van der Waals surface area contributed by atoms with Crippen LogP contribution >= 0.6 is 0 Å². The van der Waals surface area contributed by atoms with Crippen LogP contribution in [0.5, 0.6) is 5.75 Å². The zero-order chi connectivity index (χ0) is 18.1. The minimum Gasteiger partial charge on any atom is -0.426 e. The smallest absolute Gasteiger partial charge is 0.321 e. The number of benzene rings is 2. The van der Waals surface area contributed by atoms with Gasteiger partial charge < -0.3 is 9.26 Å². The number of aryl methyl sites for hydroxylation is 1. The molecule has 0 bridgehead atoms. The third-order valence-corrected chi connectivity index (χ3v) is 4.85. The lowest BCUT2D eigenvalue weighted by atomic mass is 9.64. The van der Waals surface area contributed by atoms with Crippen molar-refractivity contribution in [2.75, 3.05) is 0 Å². The fourth-order valence-corrected chi connectivity index (χ4v) is 3.20. The molecule has 26 heavy (non-hydrogen) atoms. The zero-order valence-corrected chi connectivity index (χ0v) is 14.2. The number of carbonyl (C=O) groups excluding carboxylic acids is 1. The van der Waals surface area contributed by atoms with Crippen LogP contribution in [0.4, 0.5) is 4.39 Å². The minimum absolute atomic E-state index is 0.307. The molecule has 0 atom stereocenters. The van der Waals surface area contributed by atoms with Gasteiger partial charge >= 0.3 is 5.97 Å². The molecule has 4 rings (SSSR count). The SMILES string of the molecule is Cc1nc(-c2ccc(OC(=O)C3(c4ccc(F)cc4)CCC3)cc2)no1. The average Bonchev–Trinajstić information content (AvgIpc) is 3.03. The topological polar surface area (TPSA) is 65.2 Å². The Morgan fingerprint density at radius 1 is 1.12 bits per heavy atom. The summed E-state index contributed by atoms with van der Waals surface area (Å²) in [5, 5.41) is 3.86. The maximum absolute atomic E-state index is 13.2.